The van der Waals surface area contributed by atoms with Crippen LogP contribution in [0.5, 0.6) is 11.5 Å². The molecule has 3 rings (SSSR count). The first-order valence-corrected chi connectivity index (χ1v) is 14.2. The summed E-state index contributed by atoms with van der Waals surface area (Å²) in [6.45, 7) is 17.8. The van der Waals surface area contributed by atoms with Crippen molar-refractivity contribution in [2.75, 3.05) is 13.2 Å². The summed E-state index contributed by atoms with van der Waals surface area (Å²) in [5.41, 5.74) is 2.44. The summed E-state index contributed by atoms with van der Waals surface area (Å²) >= 11 is 0. The third kappa shape index (κ3) is 9.84. The highest BCUT2D eigenvalue weighted by molar-refractivity contribution is 5.93. The van der Waals surface area contributed by atoms with Crippen LogP contribution in [0.3, 0.4) is 0 Å². The molecule has 1 amide bonds. The second-order valence-electron chi connectivity index (χ2n) is 11.9. The highest BCUT2D eigenvalue weighted by atomic mass is 16.5. The SMILES string of the molecule is C=C1CC(CC(=O)NCC2CCC(C)(C)CO2)OC(C)C1C.CCCCCc1c(C)c(O)cc(O)c1C(=O)O. The Morgan fingerprint density at radius 2 is 1.85 bits per heavy atom. The van der Waals surface area contributed by atoms with Gasteiger partial charge in [-0.3, -0.25) is 4.79 Å². The van der Waals surface area contributed by atoms with E-state index in [0.717, 1.165) is 51.2 Å². The molecule has 2 saturated heterocycles. The van der Waals surface area contributed by atoms with Crippen molar-refractivity contribution in [1.29, 1.82) is 0 Å². The van der Waals surface area contributed by atoms with Gasteiger partial charge in [-0.25, -0.2) is 4.79 Å². The van der Waals surface area contributed by atoms with Crippen LogP contribution in [-0.4, -0.2) is 58.7 Å². The van der Waals surface area contributed by atoms with Gasteiger partial charge >= 0.3 is 5.97 Å². The van der Waals surface area contributed by atoms with Crippen molar-refractivity contribution in [3.05, 3.63) is 34.9 Å². The molecule has 39 heavy (non-hydrogen) atoms. The van der Waals surface area contributed by atoms with E-state index in [4.69, 9.17) is 14.6 Å². The van der Waals surface area contributed by atoms with Crippen molar-refractivity contribution in [3.63, 3.8) is 0 Å². The lowest BCUT2D eigenvalue weighted by Gasteiger charge is -2.35. The van der Waals surface area contributed by atoms with Gasteiger partial charge in [-0.15, -0.1) is 0 Å². The van der Waals surface area contributed by atoms with E-state index in [2.05, 4.69) is 46.5 Å². The molecule has 1 aromatic carbocycles. The number of phenols is 2. The monoisotopic (exact) mass is 547 g/mol. The average Bonchev–Trinajstić information content (AvgIpc) is 2.85. The number of amides is 1. The Labute approximate surface area is 233 Å². The molecule has 220 valence electrons. The van der Waals surface area contributed by atoms with Gasteiger partial charge in [0.2, 0.25) is 5.91 Å². The predicted octanol–water partition coefficient (Wildman–Crippen LogP) is 5.90. The highest BCUT2D eigenvalue weighted by Gasteiger charge is 2.30. The molecule has 0 saturated carbocycles. The molecule has 0 bridgehead atoms. The molecule has 2 aliphatic rings. The van der Waals surface area contributed by atoms with Gasteiger partial charge in [0.05, 0.1) is 31.3 Å². The molecular weight excluding hydrogens is 498 g/mol. The lowest BCUT2D eigenvalue weighted by atomic mass is 9.85. The van der Waals surface area contributed by atoms with Crippen molar-refractivity contribution in [1.82, 2.24) is 5.32 Å². The van der Waals surface area contributed by atoms with Gasteiger partial charge in [-0.2, -0.15) is 0 Å². The van der Waals surface area contributed by atoms with Crippen molar-refractivity contribution >= 4 is 11.9 Å². The maximum absolute atomic E-state index is 12.1. The Balaban J connectivity index is 0.000000283. The summed E-state index contributed by atoms with van der Waals surface area (Å²) in [4.78, 5) is 23.2. The van der Waals surface area contributed by atoms with Gasteiger partial charge in [0.25, 0.3) is 0 Å². The standard InChI is InChI=1S/C18H31NO3.C13H18O4/c1-12-8-16(22-14(3)13(12)2)9-17(20)19-10-15-6-7-18(4,5)11-21-15;1-3-4-5-6-9-8(2)10(14)7-11(15)12(9)13(16)17/h13-16H,1,6-11H2,2-5H3,(H,19,20);7,14-15H,3-6H2,1-2H3,(H,16,17). The summed E-state index contributed by atoms with van der Waals surface area (Å²) in [5.74, 6) is -1.16. The van der Waals surface area contributed by atoms with Gasteiger partial charge < -0.3 is 30.1 Å². The fraction of sp³-hybridized carbons (Fsp3) is 0.677. The number of aromatic carboxylic acids is 1. The van der Waals surface area contributed by atoms with E-state index in [1.165, 1.54) is 5.57 Å². The van der Waals surface area contributed by atoms with Crippen molar-refractivity contribution in [3.8, 4) is 11.5 Å². The van der Waals surface area contributed by atoms with Gasteiger partial charge in [-0.1, -0.05) is 52.7 Å². The maximum atomic E-state index is 12.1. The predicted molar refractivity (Wildman–Crippen MR) is 152 cm³/mol. The number of benzene rings is 1. The lowest BCUT2D eigenvalue weighted by Crippen LogP contribution is -2.41. The highest BCUT2D eigenvalue weighted by Crippen LogP contribution is 2.33. The van der Waals surface area contributed by atoms with E-state index in [1.54, 1.807) is 6.92 Å². The van der Waals surface area contributed by atoms with E-state index in [0.29, 0.717) is 36.4 Å². The fourth-order valence-electron chi connectivity index (χ4n) is 5.03. The van der Waals surface area contributed by atoms with Crippen LogP contribution in [0.1, 0.15) is 101 Å². The molecule has 8 heteroatoms. The number of carbonyl (C=O) groups is 2. The van der Waals surface area contributed by atoms with Gasteiger partial charge in [0.15, 0.2) is 0 Å². The third-order valence-electron chi connectivity index (χ3n) is 7.95. The van der Waals surface area contributed by atoms with Crippen molar-refractivity contribution in [2.45, 2.75) is 111 Å². The second-order valence-corrected chi connectivity index (χ2v) is 11.9. The van der Waals surface area contributed by atoms with E-state index < -0.39 is 5.97 Å². The smallest absolute Gasteiger partial charge is 0.339 e. The number of carboxylic acid groups (broad SMARTS) is 1. The minimum absolute atomic E-state index is 0.0371. The summed E-state index contributed by atoms with van der Waals surface area (Å²) in [6, 6.07) is 1.09. The van der Waals surface area contributed by atoms with Crippen LogP contribution in [0.4, 0.5) is 0 Å². The molecule has 2 heterocycles. The number of unbranched alkanes of at least 4 members (excludes halogenated alkanes) is 2. The van der Waals surface area contributed by atoms with Crippen LogP contribution >= 0.6 is 0 Å². The zero-order chi connectivity index (χ0) is 29.3. The topological polar surface area (TPSA) is 125 Å². The van der Waals surface area contributed by atoms with E-state index in [-0.39, 0.29) is 46.7 Å². The van der Waals surface area contributed by atoms with Crippen LogP contribution in [0.25, 0.3) is 0 Å². The Morgan fingerprint density at radius 3 is 2.41 bits per heavy atom. The molecule has 4 unspecified atom stereocenters. The van der Waals surface area contributed by atoms with Crippen LogP contribution < -0.4 is 5.32 Å². The van der Waals surface area contributed by atoms with Gasteiger partial charge in [-0.05, 0) is 62.5 Å². The maximum Gasteiger partial charge on any atom is 0.339 e. The Bertz CT molecular complexity index is 993. The third-order valence-corrected chi connectivity index (χ3v) is 7.95. The second kappa shape index (κ2) is 14.7. The van der Waals surface area contributed by atoms with Crippen molar-refractivity contribution < 1.29 is 34.4 Å². The van der Waals surface area contributed by atoms with Crippen LogP contribution in [0.2, 0.25) is 0 Å². The number of hydrogen-bond donors (Lipinski definition) is 4. The fourth-order valence-corrected chi connectivity index (χ4v) is 5.03. The number of rotatable bonds is 9. The normalized spacial score (nSPS) is 24.4. The van der Waals surface area contributed by atoms with Crippen LogP contribution in [0.15, 0.2) is 18.2 Å². The average molecular weight is 548 g/mol. The van der Waals surface area contributed by atoms with Crippen molar-refractivity contribution in [2.24, 2.45) is 11.3 Å². The Kier molecular flexibility index (Phi) is 12.3. The minimum atomic E-state index is -1.16. The molecule has 2 fully saturated rings. The molecule has 1 aromatic rings. The van der Waals surface area contributed by atoms with Gasteiger partial charge in [0.1, 0.15) is 17.1 Å². The zero-order valence-electron chi connectivity index (χ0n) is 24.6. The first kappa shape index (κ1) is 32.6. The lowest BCUT2D eigenvalue weighted by molar-refractivity contribution is -0.128. The van der Waals surface area contributed by atoms with E-state index in [9.17, 15) is 19.8 Å². The molecule has 0 radical (unpaired) electrons. The summed E-state index contributed by atoms with van der Waals surface area (Å²) in [7, 11) is 0. The first-order valence-electron chi connectivity index (χ1n) is 14.2. The summed E-state index contributed by atoms with van der Waals surface area (Å²) in [6.07, 6.45) is 7.05. The molecular formula is C31H49NO7. The Hall–Kier alpha value is -2.58. The number of carboxylic acids is 1. The number of carbonyl (C=O) groups excluding carboxylic acids is 1. The quantitative estimate of drug-likeness (QED) is 0.224. The number of aromatic hydroxyl groups is 2. The molecule has 4 atom stereocenters. The molecule has 8 nitrogen and oxygen atoms in total. The van der Waals surface area contributed by atoms with Crippen LogP contribution in [-0.2, 0) is 20.7 Å². The van der Waals surface area contributed by atoms with Crippen LogP contribution in [0, 0.1) is 18.3 Å². The summed E-state index contributed by atoms with van der Waals surface area (Å²) in [5, 5.41) is 31.2. The molecule has 0 spiro atoms. The molecule has 4 N–H and O–H groups in total. The molecule has 0 aliphatic carbocycles. The van der Waals surface area contributed by atoms with E-state index in [1.807, 2.05) is 0 Å². The molecule has 0 aromatic heterocycles. The number of hydrogen-bond acceptors (Lipinski definition) is 6. The number of ether oxygens (including phenoxy) is 2. The van der Waals surface area contributed by atoms with Gasteiger partial charge in [0, 0.05) is 18.5 Å². The number of nitrogens with one attached hydrogen (secondary N) is 1. The Morgan fingerprint density at radius 1 is 1.15 bits per heavy atom. The zero-order valence-corrected chi connectivity index (χ0v) is 24.6. The minimum Gasteiger partial charge on any atom is -0.508 e. The molecule has 2 aliphatic heterocycles. The van der Waals surface area contributed by atoms with E-state index >= 15 is 0 Å². The first-order chi connectivity index (χ1) is 18.3. The number of phenolic OH excluding ortho intramolecular Hbond substituents is 1. The largest absolute Gasteiger partial charge is 0.508 e. The summed E-state index contributed by atoms with van der Waals surface area (Å²) < 4.78 is 11.7.